The van der Waals surface area contributed by atoms with E-state index in [1.165, 1.54) is 0 Å². The van der Waals surface area contributed by atoms with Gasteiger partial charge in [0.25, 0.3) is 35.4 Å². The molecule has 0 unspecified atom stereocenters. The first kappa shape index (κ1) is 110. The molecule has 12 bridgehead atoms. The van der Waals surface area contributed by atoms with Crippen LogP contribution in [0.1, 0.15) is 391 Å². The molecule has 6 aromatic carbocycles. The topological polar surface area (TPSA) is 177 Å². The first-order valence-corrected chi connectivity index (χ1v) is 49.3. The summed E-state index contributed by atoms with van der Waals surface area (Å²) < 4.78 is 44.9. The molecule has 0 atom stereocenters. The second-order valence-electron chi connectivity index (χ2n) is 47.0. The van der Waals surface area contributed by atoms with E-state index in [1.54, 1.807) is 0 Å². The van der Waals surface area contributed by atoms with E-state index in [0.29, 0.717) is 34.5 Å². The van der Waals surface area contributed by atoms with Gasteiger partial charge in [-0.1, -0.05) is 197 Å². The molecule has 6 aromatic rings. The summed E-state index contributed by atoms with van der Waals surface area (Å²) in [5, 5.41) is 0. The molecule has 0 spiro atoms. The number of carbonyl (C=O) groups is 6. The van der Waals surface area contributed by atoms with Crippen molar-refractivity contribution in [2.24, 2.45) is 0 Å². The first-order chi connectivity index (χ1) is 60.6. The van der Waals surface area contributed by atoms with Gasteiger partial charge in [0.1, 0.15) is 34.5 Å². The highest BCUT2D eigenvalue weighted by atomic mass is 16.5. The summed E-state index contributed by atoms with van der Waals surface area (Å²) in [6.45, 7) is 86.5. The lowest BCUT2D eigenvalue weighted by molar-refractivity contribution is -0.137. The lowest BCUT2D eigenvalue weighted by atomic mass is 9.79. The van der Waals surface area contributed by atoms with E-state index in [9.17, 15) is 0 Å². The second kappa shape index (κ2) is 44.2. The number of fused-ring (bicyclic) bond motifs is 12. The number of amides is 6. The van der Waals surface area contributed by atoms with Crippen molar-refractivity contribution < 1.29 is 57.2 Å². The van der Waals surface area contributed by atoms with E-state index < -0.39 is 32.5 Å². The van der Waals surface area contributed by atoms with Crippen LogP contribution in [0.2, 0.25) is 0 Å². The van der Waals surface area contributed by atoms with Gasteiger partial charge in [-0.3, -0.25) is 28.8 Å². The van der Waals surface area contributed by atoms with Crippen molar-refractivity contribution in [2.45, 2.75) is 434 Å². The van der Waals surface area contributed by atoms with Crippen molar-refractivity contribution in [1.29, 1.82) is 0 Å². The van der Waals surface area contributed by atoms with Crippen molar-refractivity contribution in [3.05, 3.63) is 173 Å². The van der Waals surface area contributed by atoms with Crippen LogP contribution < -0.4 is 28.4 Å². The Labute approximate surface area is 798 Å². The average molecular weight is 1820 g/mol. The van der Waals surface area contributed by atoms with E-state index >= 15 is 28.8 Å². The Morgan fingerprint density at radius 3 is 0.341 bits per heavy atom. The SMILES string of the molecule is CC(C)N(C(=O)COc1c2cc(C(C)(C)C)cc1Cc1cc(C(C)(C)C)cc(c1OCC(=O)N(C(C)C)C(C)C)Cc1cc(C(C)(C)C)cc(c1OCC(=O)N(C(C)C)C(C)C)Cc1cc(C(C)(C)C)cc(c1OCC(=O)N(C(C)C)C(C)C)Cc1cc(C(C)(C)C)cc(c1OCC(=O)N(C(C)C)C(C)C)Cc1cc(C(C)(C)C)cc(c1OCC(=O)N(C(C)C)C(C)C)C2)C(C)C. The van der Waals surface area contributed by atoms with Crippen LogP contribution in [0.4, 0.5) is 0 Å². The Morgan fingerprint density at radius 2 is 0.273 bits per heavy atom. The maximum Gasteiger partial charge on any atom is 0.260 e. The fraction of sp³-hybridized carbons (Fsp3) is 0.632. The molecule has 0 saturated heterocycles. The zero-order chi connectivity index (χ0) is 99.9. The van der Waals surface area contributed by atoms with E-state index in [1.807, 2.05) is 196 Å². The summed E-state index contributed by atoms with van der Waals surface area (Å²) in [6, 6.07) is 24.7. The number of benzene rings is 6. The van der Waals surface area contributed by atoms with E-state index in [4.69, 9.17) is 28.4 Å². The molecule has 0 fully saturated rings. The maximum absolute atomic E-state index is 15.4. The van der Waals surface area contributed by atoms with Gasteiger partial charge in [0.2, 0.25) is 0 Å². The Hall–Kier alpha value is -9.06. The molecule has 18 nitrogen and oxygen atoms in total. The summed E-state index contributed by atoms with van der Waals surface area (Å²) >= 11 is 0. The number of nitrogens with zero attached hydrogens (tertiary/aromatic N) is 6. The molecular weight excluding hydrogens is 1650 g/mol. The van der Waals surface area contributed by atoms with E-state index in [2.05, 4.69) is 197 Å². The lowest BCUT2D eigenvalue weighted by Crippen LogP contribution is -2.44. The van der Waals surface area contributed by atoms with Gasteiger partial charge in [-0.25, -0.2) is 0 Å². The number of ether oxygens (including phenoxy) is 6. The molecule has 1 aliphatic rings. The van der Waals surface area contributed by atoms with Crippen molar-refractivity contribution >= 4 is 35.4 Å². The van der Waals surface area contributed by atoms with Gasteiger partial charge in [0.05, 0.1) is 0 Å². The molecule has 0 aliphatic heterocycles. The van der Waals surface area contributed by atoms with Crippen molar-refractivity contribution in [3.8, 4) is 34.5 Å². The largest absolute Gasteiger partial charge is 0.483 e. The van der Waals surface area contributed by atoms with E-state index in [0.717, 1.165) is 100 Å². The minimum absolute atomic E-state index is 0.161. The Morgan fingerprint density at radius 1 is 0.189 bits per heavy atom. The molecule has 0 radical (unpaired) electrons. The van der Waals surface area contributed by atoms with Crippen LogP contribution in [0.3, 0.4) is 0 Å². The second-order valence-corrected chi connectivity index (χ2v) is 47.0. The predicted octanol–water partition coefficient (Wildman–Crippen LogP) is 23.5. The van der Waals surface area contributed by atoms with Gasteiger partial charge in [0, 0.05) is 111 Å². The molecule has 132 heavy (non-hydrogen) atoms. The molecule has 6 amide bonds. The zero-order valence-electron chi connectivity index (χ0n) is 89.9. The third-order valence-corrected chi connectivity index (χ3v) is 25.4. The lowest BCUT2D eigenvalue weighted by Gasteiger charge is -2.32. The minimum atomic E-state index is -0.499. The van der Waals surface area contributed by atoms with Gasteiger partial charge < -0.3 is 57.8 Å². The third-order valence-electron chi connectivity index (χ3n) is 25.4. The molecule has 0 heterocycles. The average Bonchev–Trinajstić information content (AvgIpc) is 0.761. The van der Waals surface area contributed by atoms with Gasteiger partial charge in [-0.15, -0.1) is 0 Å². The maximum atomic E-state index is 15.4. The highest BCUT2D eigenvalue weighted by Gasteiger charge is 2.37. The number of carbonyl (C=O) groups excluding carboxylic acids is 6. The molecule has 0 saturated carbocycles. The zero-order valence-corrected chi connectivity index (χ0v) is 89.9. The summed E-state index contributed by atoms with van der Waals surface area (Å²) in [4.78, 5) is 103. The number of hydrogen-bond donors (Lipinski definition) is 0. The van der Waals surface area contributed by atoms with Crippen LogP contribution in [0, 0.1) is 0 Å². The monoisotopic (exact) mass is 1820 g/mol. The van der Waals surface area contributed by atoms with Crippen LogP contribution in [0.5, 0.6) is 34.5 Å². The number of rotatable bonds is 30. The molecular formula is C114H174N6O12. The van der Waals surface area contributed by atoms with Crippen LogP contribution in [-0.4, -0.2) is 177 Å². The van der Waals surface area contributed by atoms with Crippen LogP contribution in [0.25, 0.3) is 0 Å². The van der Waals surface area contributed by atoms with E-state index in [-0.39, 0.29) is 186 Å². The highest BCUT2D eigenvalue weighted by molar-refractivity contribution is 5.82. The quantitative estimate of drug-likeness (QED) is 0.0417. The van der Waals surface area contributed by atoms with Gasteiger partial charge in [0.15, 0.2) is 39.6 Å². The summed E-state index contributed by atoms with van der Waals surface area (Å²) in [5.74, 6) is 1.82. The molecule has 7 rings (SSSR count). The smallest absolute Gasteiger partial charge is 0.260 e. The predicted molar refractivity (Wildman–Crippen MR) is 543 cm³/mol. The molecule has 732 valence electrons. The Bertz CT molecular complexity index is 4020. The van der Waals surface area contributed by atoms with Crippen molar-refractivity contribution in [2.75, 3.05) is 39.6 Å². The van der Waals surface area contributed by atoms with Crippen molar-refractivity contribution in [3.63, 3.8) is 0 Å². The Balaban J connectivity index is 1.91. The molecule has 0 N–H and O–H groups in total. The fourth-order valence-corrected chi connectivity index (χ4v) is 19.3. The van der Waals surface area contributed by atoms with Crippen LogP contribution in [-0.2, 0) is 99.8 Å². The van der Waals surface area contributed by atoms with Gasteiger partial charge >= 0.3 is 0 Å². The molecule has 1 aliphatic carbocycles. The highest BCUT2D eigenvalue weighted by Crippen LogP contribution is 2.48. The van der Waals surface area contributed by atoms with Gasteiger partial charge in [-0.05, 0) is 299 Å². The van der Waals surface area contributed by atoms with Gasteiger partial charge in [-0.2, -0.15) is 0 Å². The van der Waals surface area contributed by atoms with Crippen molar-refractivity contribution in [1.82, 2.24) is 29.4 Å². The summed E-state index contributed by atoms with van der Waals surface area (Å²) in [6.07, 6.45) is 1.09. The van der Waals surface area contributed by atoms with Crippen LogP contribution in [0.15, 0.2) is 72.8 Å². The fourth-order valence-electron chi connectivity index (χ4n) is 19.3. The standard InChI is InChI=1S/C114H174N6O12/c1-67(2)115(68(3)4)97(121)61-127-103-79-43-81-51-92(110(28,29)30)53-83(104(81)128-62-98(122)116(69(5)6)70(7)8)45-85-55-94(112(34,35)36)57-87(106(85)130-64-100(124)118(73(13)14)74(15)16)47-89-59-96(114(40,41)42)60-90(108(89)132-66-102(126)120(77(21)22)78(23)24)48-88-58-95(113(37,38)39)56-86(107(88)131-65-101(125)119(75(17)18)76(19)20)46-84-54-93(111(31,32)33)52-82(44-80(103)50-91(49-79)109(25,26)27)105(84)129-63-99(123)117(71(9)10)72(11)12/h49-60,67-78H,43-48,61-66H2,1-42H3. The molecule has 0 aromatic heterocycles. The normalized spacial score (nSPS) is 13.3. The first-order valence-electron chi connectivity index (χ1n) is 49.3. The summed E-state index contributed by atoms with van der Waals surface area (Å²) in [5.41, 5.74) is 12.1. The molecule has 18 heteroatoms. The van der Waals surface area contributed by atoms with Crippen LogP contribution >= 0.6 is 0 Å². The summed E-state index contributed by atoms with van der Waals surface area (Å²) in [7, 11) is 0. The minimum Gasteiger partial charge on any atom is -0.483 e. The number of hydrogen-bond acceptors (Lipinski definition) is 12. The Kier molecular flexibility index (Phi) is 36.8. The third kappa shape index (κ3) is 28.1.